The number of nitrogens with one attached hydrogen (secondary N) is 1. The van der Waals surface area contributed by atoms with Crippen molar-refractivity contribution < 1.29 is 0 Å². The van der Waals surface area contributed by atoms with Crippen LogP contribution in [-0.2, 0) is 0 Å². The van der Waals surface area contributed by atoms with Crippen molar-refractivity contribution in [2.75, 3.05) is 5.32 Å². The fourth-order valence-electron chi connectivity index (χ4n) is 2.80. The van der Waals surface area contributed by atoms with Crippen molar-refractivity contribution in [3.63, 3.8) is 0 Å². The fourth-order valence-corrected chi connectivity index (χ4v) is 3.36. The van der Waals surface area contributed by atoms with Crippen LogP contribution in [0, 0.1) is 0 Å². The van der Waals surface area contributed by atoms with Gasteiger partial charge in [-0.05, 0) is 47.7 Å². The summed E-state index contributed by atoms with van der Waals surface area (Å²) >= 11 is 3.60. The predicted molar refractivity (Wildman–Crippen MR) is 83.3 cm³/mol. The maximum atomic E-state index is 5.96. The number of nitrogens with two attached hydrogens (primary N) is 1. The highest BCUT2D eigenvalue weighted by Crippen LogP contribution is 2.31. The molecule has 1 heterocycles. The van der Waals surface area contributed by atoms with E-state index in [1.54, 1.807) is 0 Å². The Bertz CT molecular complexity index is 571. The lowest BCUT2D eigenvalue weighted by Crippen LogP contribution is -2.32. The summed E-state index contributed by atoms with van der Waals surface area (Å²) in [5.74, 6) is 0. The molecule has 100 valence electrons. The van der Waals surface area contributed by atoms with E-state index in [9.17, 15) is 0 Å². The Labute approximate surface area is 121 Å². The monoisotopic (exact) mass is 319 g/mol. The summed E-state index contributed by atoms with van der Waals surface area (Å²) in [6, 6.07) is 7.23. The molecule has 1 aliphatic carbocycles. The molecule has 0 saturated heterocycles. The van der Waals surface area contributed by atoms with Crippen LogP contribution in [0.1, 0.15) is 25.7 Å². The van der Waals surface area contributed by atoms with Crippen LogP contribution in [0.5, 0.6) is 0 Å². The van der Waals surface area contributed by atoms with Gasteiger partial charge in [0, 0.05) is 45.4 Å². The van der Waals surface area contributed by atoms with Gasteiger partial charge >= 0.3 is 0 Å². The van der Waals surface area contributed by atoms with Gasteiger partial charge in [0.25, 0.3) is 0 Å². The molecule has 1 saturated carbocycles. The van der Waals surface area contributed by atoms with Gasteiger partial charge in [0.15, 0.2) is 0 Å². The van der Waals surface area contributed by atoms with Crippen molar-refractivity contribution in [3.8, 4) is 0 Å². The Hall–Kier alpha value is -1.13. The van der Waals surface area contributed by atoms with Crippen LogP contribution in [0.15, 0.2) is 35.1 Å². The molecule has 0 amide bonds. The van der Waals surface area contributed by atoms with Crippen molar-refractivity contribution in [1.82, 2.24) is 4.98 Å². The minimum absolute atomic E-state index is 0.390. The molecular weight excluding hydrogens is 302 g/mol. The Kier molecular flexibility index (Phi) is 3.71. The zero-order valence-electron chi connectivity index (χ0n) is 10.8. The summed E-state index contributed by atoms with van der Waals surface area (Å²) in [5.41, 5.74) is 7.15. The Morgan fingerprint density at radius 1 is 1.16 bits per heavy atom. The highest BCUT2D eigenvalue weighted by atomic mass is 79.9. The number of rotatable bonds is 2. The number of anilines is 1. The summed E-state index contributed by atoms with van der Waals surface area (Å²) in [4.78, 5) is 4.22. The minimum atomic E-state index is 0.390. The highest BCUT2D eigenvalue weighted by molar-refractivity contribution is 9.10. The maximum absolute atomic E-state index is 5.96. The van der Waals surface area contributed by atoms with Gasteiger partial charge in [-0.25, -0.2) is 0 Å². The number of pyridine rings is 1. The number of hydrogen-bond acceptors (Lipinski definition) is 3. The minimum Gasteiger partial charge on any atom is -0.382 e. The average Bonchev–Trinajstić information content (AvgIpc) is 2.42. The number of fused-ring (bicyclic) bond motifs is 1. The molecule has 0 radical (unpaired) electrons. The quantitative estimate of drug-likeness (QED) is 0.887. The molecule has 0 bridgehead atoms. The zero-order valence-corrected chi connectivity index (χ0v) is 12.4. The number of halogens is 1. The lowest BCUT2D eigenvalue weighted by Gasteiger charge is -2.28. The summed E-state index contributed by atoms with van der Waals surface area (Å²) in [6.07, 6.45) is 8.29. The Morgan fingerprint density at radius 3 is 2.74 bits per heavy atom. The van der Waals surface area contributed by atoms with E-state index < -0.39 is 0 Å². The summed E-state index contributed by atoms with van der Waals surface area (Å²) in [6.45, 7) is 0. The first-order valence-corrected chi connectivity index (χ1v) is 7.57. The molecule has 19 heavy (non-hydrogen) atoms. The first-order chi connectivity index (χ1) is 9.24. The highest BCUT2D eigenvalue weighted by Gasteiger charge is 2.19. The third kappa shape index (κ3) is 2.74. The van der Waals surface area contributed by atoms with Gasteiger partial charge in [-0.1, -0.05) is 12.1 Å². The van der Waals surface area contributed by atoms with E-state index in [4.69, 9.17) is 5.73 Å². The Balaban J connectivity index is 1.88. The molecule has 4 heteroatoms. The first-order valence-electron chi connectivity index (χ1n) is 6.78. The van der Waals surface area contributed by atoms with Crippen LogP contribution in [0.2, 0.25) is 0 Å². The van der Waals surface area contributed by atoms with Crippen LogP contribution >= 0.6 is 15.9 Å². The van der Waals surface area contributed by atoms with E-state index in [-0.39, 0.29) is 0 Å². The lowest BCUT2D eigenvalue weighted by molar-refractivity contribution is 0.411. The largest absolute Gasteiger partial charge is 0.382 e. The standard InChI is InChI=1S/C15H18BrN3/c16-13-9-18-8-10-2-1-3-14(15(10)13)19-12-6-4-11(17)5-7-12/h1-3,8-9,11-12,19H,4-7,17H2. The number of aromatic nitrogens is 1. The molecule has 2 aromatic rings. The van der Waals surface area contributed by atoms with Crippen molar-refractivity contribution in [3.05, 3.63) is 35.1 Å². The third-order valence-electron chi connectivity index (χ3n) is 3.87. The van der Waals surface area contributed by atoms with Crippen LogP contribution < -0.4 is 11.1 Å². The molecule has 0 aliphatic heterocycles. The van der Waals surface area contributed by atoms with Crippen LogP contribution in [-0.4, -0.2) is 17.1 Å². The van der Waals surface area contributed by atoms with E-state index in [1.165, 1.54) is 11.1 Å². The van der Waals surface area contributed by atoms with Gasteiger partial charge in [-0.15, -0.1) is 0 Å². The van der Waals surface area contributed by atoms with Crippen LogP contribution in [0.4, 0.5) is 5.69 Å². The normalized spacial score (nSPS) is 23.5. The second kappa shape index (κ2) is 5.47. The lowest BCUT2D eigenvalue weighted by atomic mass is 9.91. The van der Waals surface area contributed by atoms with Crippen LogP contribution in [0.25, 0.3) is 10.8 Å². The predicted octanol–water partition coefficient (Wildman–Crippen LogP) is 3.68. The van der Waals surface area contributed by atoms with Gasteiger partial charge in [-0.2, -0.15) is 0 Å². The van der Waals surface area contributed by atoms with Crippen molar-refractivity contribution in [2.45, 2.75) is 37.8 Å². The van der Waals surface area contributed by atoms with Crippen molar-refractivity contribution >= 4 is 32.4 Å². The van der Waals surface area contributed by atoms with E-state index >= 15 is 0 Å². The smallest absolute Gasteiger partial charge is 0.0457 e. The van der Waals surface area contributed by atoms with Crippen molar-refractivity contribution in [2.24, 2.45) is 5.73 Å². The number of nitrogens with zero attached hydrogens (tertiary/aromatic N) is 1. The van der Waals surface area contributed by atoms with Gasteiger partial charge in [0.05, 0.1) is 0 Å². The fraction of sp³-hybridized carbons (Fsp3) is 0.400. The second-order valence-corrected chi connectivity index (χ2v) is 6.14. The number of hydrogen-bond donors (Lipinski definition) is 2. The number of benzene rings is 1. The Morgan fingerprint density at radius 2 is 1.95 bits per heavy atom. The first kappa shape index (κ1) is 12.9. The average molecular weight is 320 g/mol. The topological polar surface area (TPSA) is 50.9 Å². The van der Waals surface area contributed by atoms with Gasteiger partial charge < -0.3 is 11.1 Å². The third-order valence-corrected chi connectivity index (χ3v) is 4.47. The SMILES string of the molecule is NC1CCC(Nc2cccc3cncc(Br)c23)CC1. The van der Waals surface area contributed by atoms with Gasteiger partial charge in [0.2, 0.25) is 0 Å². The summed E-state index contributed by atoms with van der Waals surface area (Å²) < 4.78 is 1.04. The molecule has 1 fully saturated rings. The second-order valence-electron chi connectivity index (χ2n) is 5.28. The zero-order chi connectivity index (χ0) is 13.2. The summed E-state index contributed by atoms with van der Waals surface area (Å²) in [7, 11) is 0. The van der Waals surface area contributed by atoms with Crippen LogP contribution in [0.3, 0.4) is 0 Å². The molecule has 3 nitrogen and oxygen atoms in total. The molecule has 1 aromatic carbocycles. The van der Waals surface area contributed by atoms with E-state index in [2.05, 4.69) is 44.4 Å². The van der Waals surface area contributed by atoms with Gasteiger partial charge in [-0.3, -0.25) is 4.98 Å². The molecule has 1 aromatic heterocycles. The van der Waals surface area contributed by atoms with E-state index in [0.29, 0.717) is 12.1 Å². The van der Waals surface area contributed by atoms with E-state index in [1.807, 2.05) is 12.4 Å². The summed E-state index contributed by atoms with van der Waals surface area (Å²) in [5, 5.41) is 6.05. The molecule has 0 atom stereocenters. The molecule has 1 aliphatic rings. The van der Waals surface area contributed by atoms with E-state index in [0.717, 1.165) is 35.5 Å². The molecule has 3 rings (SSSR count). The molecule has 3 N–H and O–H groups in total. The molecular formula is C15H18BrN3. The van der Waals surface area contributed by atoms with Gasteiger partial charge in [0.1, 0.15) is 0 Å². The molecule has 0 unspecified atom stereocenters. The molecule has 0 spiro atoms. The maximum Gasteiger partial charge on any atom is 0.0457 e. The van der Waals surface area contributed by atoms with Crippen molar-refractivity contribution in [1.29, 1.82) is 0 Å².